The number of allylic oxidation sites excluding steroid dienone is 2. The maximum absolute atomic E-state index is 11.0. The maximum atomic E-state index is 11.0. The summed E-state index contributed by atoms with van der Waals surface area (Å²) in [5.74, 6) is 0.801. The number of fused-ring (bicyclic) bond motifs is 1. The molecule has 1 aromatic heterocycles. The van der Waals surface area contributed by atoms with E-state index in [9.17, 15) is 4.79 Å². The highest BCUT2D eigenvalue weighted by molar-refractivity contribution is 5.89. The summed E-state index contributed by atoms with van der Waals surface area (Å²) in [4.78, 5) is 15.1. The fourth-order valence-corrected chi connectivity index (χ4v) is 2.75. The van der Waals surface area contributed by atoms with Crippen LogP contribution < -0.4 is 4.74 Å². The summed E-state index contributed by atoms with van der Waals surface area (Å²) in [6.07, 6.45) is 4.25. The van der Waals surface area contributed by atoms with E-state index in [1.165, 1.54) is 5.56 Å². The standard InChI is InChI=1S/C19H16N2O2/c1-13-16(11-22)4-3-15-8-18(6-7-19(13)15)23-12-14-2-5-17(9-20)21-10-14/h2,5-8,10-11H,3-4,12H2,1H3. The number of carbonyl (C=O) groups excluding carboxylic acids is 1. The molecule has 0 bridgehead atoms. The van der Waals surface area contributed by atoms with Crippen molar-refractivity contribution in [1.82, 2.24) is 4.98 Å². The maximum Gasteiger partial charge on any atom is 0.146 e. The van der Waals surface area contributed by atoms with Crippen LogP contribution in [0, 0.1) is 11.3 Å². The highest BCUT2D eigenvalue weighted by atomic mass is 16.5. The third kappa shape index (κ3) is 3.14. The highest BCUT2D eigenvalue weighted by Gasteiger charge is 2.16. The summed E-state index contributed by atoms with van der Waals surface area (Å²) in [6.45, 7) is 2.40. The smallest absolute Gasteiger partial charge is 0.146 e. The number of aromatic nitrogens is 1. The van der Waals surface area contributed by atoms with Crippen LogP contribution in [0.3, 0.4) is 0 Å². The number of aldehydes is 1. The van der Waals surface area contributed by atoms with Gasteiger partial charge in [0.2, 0.25) is 0 Å². The first kappa shape index (κ1) is 15.0. The average Bonchev–Trinajstić information content (AvgIpc) is 2.60. The molecule has 1 aromatic carbocycles. The van der Waals surface area contributed by atoms with Crippen LogP contribution in [0.15, 0.2) is 42.1 Å². The Morgan fingerprint density at radius 3 is 2.87 bits per heavy atom. The van der Waals surface area contributed by atoms with Crippen molar-refractivity contribution in [1.29, 1.82) is 5.26 Å². The Labute approximate surface area is 135 Å². The van der Waals surface area contributed by atoms with Gasteiger partial charge >= 0.3 is 0 Å². The van der Waals surface area contributed by atoms with Crippen LogP contribution >= 0.6 is 0 Å². The number of nitrogens with zero attached hydrogens (tertiary/aromatic N) is 2. The zero-order valence-electron chi connectivity index (χ0n) is 12.9. The summed E-state index contributed by atoms with van der Waals surface area (Å²) in [5.41, 5.74) is 5.60. The first-order valence-electron chi connectivity index (χ1n) is 7.47. The highest BCUT2D eigenvalue weighted by Crippen LogP contribution is 2.32. The normalized spacial score (nSPS) is 13.2. The molecular formula is C19H16N2O2. The van der Waals surface area contributed by atoms with Crippen molar-refractivity contribution in [3.63, 3.8) is 0 Å². The van der Waals surface area contributed by atoms with Crippen molar-refractivity contribution in [2.45, 2.75) is 26.4 Å². The van der Waals surface area contributed by atoms with Crippen LogP contribution in [0.5, 0.6) is 5.75 Å². The second kappa shape index (κ2) is 6.45. The van der Waals surface area contributed by atoms with Gasteiger partial charge in [-0.05, 0) is 60.2 Å². The number of ether oxygens (including phenoxy) is 1. The summed E-state index contributed by atoms with van der Waals surface area (Å²) in [5, 5.41) is 8.74. The molecule has 0 radical (unpaired) electrons. The molecule has 1 aliphatic rings. The number of hydrogen-bond donors (Lipinski definition) is 0. The van der Waals surface area contributed by atoms with Gasteiger partial charge in [0, 0.05) is 11.8 Å². The second-order valence-corrected chi connectivity index (χ2v) is 5.54. The van der Waals surface area contributed by atoms with E-state index in [1.807, 2.05) is 37.3 Å². The summed E-state index contributed by atoms with van der Waals surface area (Å²) >= 11 is 0. The van der Waals surface area contributed by atoms with Crippen LogP contribution in [0.2, 0.25) is 0 Å². The lowest BCUT2D eigenvalue weighted by molar-refractivity contribution is -0.105. The Kier molecular flexibility index (Phi) is 4.20. The van der Waals surface area contributed by atoms with E-state index in [-0.39, 0.29) is 0 Å². The number of hydrogen-bond acceptors (Lipinski definition) is 4. The number of benzene rings is 1. The predicted molar refractivity (Wildman–Crippen MR) is 86.7 cm³/mol. The number of carbonyl (C=O) groups is 1. The van der Waals surface area contributed by atoms with Gasteiger partial charge < -0.3 is 4.74 Å². The lowest BCUT2D eigenvalue weighted by atomic mass is 9.87. The molecule has 0 fully saturated rings. The van der Waals surface area contributed by atoms with Crippen molar-refractivity contribution < 1.29 is 9.53 Å². The van der Waals surface area contributed by atoms with Crippen molar-refractivity contribution >= 4 is 11.9 Å². The van der Waals surface area contributed by atoms with Crippen LogP contribution in [0.25, 0.3) is 5.57 Å². The van der Waals surface area contributed by atoms with Crippen molar-refractivity contribution in [3.05, 3.63) is 64.5 Å². The molecule has 4 heteroatoms. The lowest BCUT2D eigenvalue weighted by Gasteiger charge is -2.19. The van der Waals surface area contributed by atoms with E-state index < -0.39 is 0 Å². The monoisotopic (exact) mass is 304 g/mol. The van der Waals surface area contributed by atoms with Gasteiger partial charge in [-0.25, -0.2) is 4.98 Å². The molecule has 0 aliphatic heterocycles. The van der Waals surface area contributed by atoms with Crippen LogP contribution in [0.4, 0.5) is 0 Å². The fraction of sp³-hybridized carbons (Fsp3) is 0.211. The molecule has 0 unspecified atom stereocenters. The molecule has 23 heavy (non-hydrogen) atoms. The zero-order valence-corrected chi connectivity index (χ0v) is 12.9. The summed E-state index contributed by atoms with van der Waals surface area (Å²) in [6, 6.07) is 11.5. The van der Waals surface area contributed by atoms with Gasteiger partial charge in [0.05, 0.1) is 0 Å². The summed E-state index contributed by atoms with van der Waals surface area (Å²) < 4.78 is 5.81. The topological polar surface area (TPSA) is 63.0 Å². The molecule has 2 aromatic rings. The fourth-order valence-electron chi connectivity index (χ4n) is 2.75. The van der Waals surface area contributed by atoms with E-state index in [0.29, 0.717) is 12.3 Å². The molecule has 0 saturated carbocycles. The first-order chi connectivity index (χ1) is 11.2. The van der Waals surface area contributed by atoms with Gasteiger partial charge in [-0.1, -0.05) is 12.1 Å². The van der Waals surface area contributed by atoms with E-state index >= 15 is 0 Å². The SMILES string of the molecule is CC1=C(C=O)CCc2cc(OCc3ccc(C#N)nc3)ccc21. The Morgan fingerprint density at radius 1 is 1.30 bits per heavy atom. The Balaban J connectivity index is 1.74. The molecule has 0 atom stereocenters. The summed E-state index contributed by atoms with van der Waals surface area (Å²) in [7, 11) is 0. The Hall–Kier alpha value is -2.93. The molecule has 4 nitrogen and oxygen atoms in total. The quantitative estimate of drug-likeness (QED) is 0.812. The third-order valence-corrected chi connectivity index (χ3v) is 4.11. The van der Waals surface area contributed by atoms with Crippen LogP contribution in [-0.2, 0) is 17.8 Å². The van der Waals surface area contributed by atoms with Crippen molar-refractivity contribution in [2.24, 2.45) is 0 Å². The Morgan fingerprint density at radius 2 is 2.17 bits per heavy atom. The number of rotatable bonds is 4. The van der Waals surface area contributed by atoms with Gasteiger partial charge in [0.25, 0.3) is 0 Å². The van der Waals surface area contributed by atoms with Crippen molar-refractivity contribution in [3.8, 4) is 11.8 Å². The van der Waals surface area contributed by atoms with Gasteiger partial charge in [-0.15, -0.1) is 0 Å². The number of pyridine rings is 1. The predicted octanol–water partition coefficient (Wildman–Crippen LogP) is 3.45. The second-order valence-electron chi connectivity index (χ2n) is 5.54. The third-order valence-electron chi connectivity index (χ3n) is 4.11. The van der Waals surface area contributed by atoms with E-state index in [4.69, 9.17) is 10.00 Å². The van der Waals surface area contributed by atoms with Crippen LogP contribution in [0.1, 0.15) is 35.7 Å². The van der Waals surface area contributed by atoms with E-state index in [2.05, 4.69) is 4.98 Å². The van der Waals surface area contributed by atoms with Gasteiger partial charge in [0.1, 0.15) is 30.4 Å². The molecular weight excluding hydrogens is 288 g/mol. The molecule has 0 saturated heterocycles. The Bertz CT molecular complexity index is 814. The molecule has 114 valence electrons. The zero-order chi connectivity index (χ0) is 16.2. The van der Waals surface area contributed by atoms with Gasteiger partial charge in [0.15, 0.2) is 0 Å². The average molecular weight is 304 g/mol. The number of aryl methyl sites for hydroxylation is 1. The minimum Gasteiger partial charge on any atom is -0.489 e. The first-order valence-corrected chi connectivity index (χ1v) is 7.47. The lowest BCUT2D eigenvalue weighted by Crippen LogP contribution is -2.05. The molecule has 1 heterocycles. The molecule has 1 aliphatic carbocycles. The molecule has 3 rings (SSSR count). The minimum atomic E-state index is 0.399. The minimum absolute atomic E-state index is 0.399. The van der Waals surface area contributed by atoms with Crippen molar-refractivity contribution in [2.75, 3.05) is 0 Å². The number of nitriles is 1. The van der Waals surface area contributed by atoms with Crippen LogP contribution in [-0.4, -0.2) is 11.3 Å². The van der Waals surface area contributed by atoms with Gasteiger partial charge in [-0.2, -0.15) is 5.26 Å². The molecule has 0 amide bonds. The van der Waals surface area contributed by atoms with E-state index in [0.717, 1.165) is 47.2 Å². The van der Waals surface area contributed by atoms with Gasteiger partial charge in [-0.3, -0.25) is 4.79 Å². The molecule has 0 spiro atoms. The van der Waals surface area contributed by atoms with E-state index in [1.54, 1.807) is 12.3 Å². The molecule has 0 N–H and O–H groups in total. The largest absolute Gasteiger partial charge is 0.489 e.